The third-order valence-electron chi connectivity index (χ3n) is 2.74. The largest absolute Gasteiger partial charge is 0.394 e. The van der Waals surface area contributed by atoms with Gasteiger partial charge in [-0.15, -0.1) is 0 Å². The second-order valence-corrected chi connectivity index (χ2v) is 4.02. The van der Waals surface area contributed by atoms with Gasteiger partial charge in [0, 0.05) is 18.5 Å². The van der Waals surface area contributed by atoms with E-state index in [-0.39, 0.29) is 11.2 Å². The van der Waals surface area contributed by atoms with Crippen molar-refractivity contribution in [1.29, 1.82) is 0 Å². The van der Waals surface area contributed by atoms with Crippen LogP contribution < -0.4 is 11.3 Å². The summed E-state index contributed by atoms with van der Waals surface area (Å²) >= 11 is 0. The van der Waals surface area contributed by atoms with E-state index in [1.165, 1.54) is 17.4 Å². The Kier molecular flexibility index (Phi) is 1.86. The molecule has 0 atom stereocenters. The van der Waals surface area contributed by atoms with E-state index in [0.717, 1.165) is 0 Å². The number of nitrogens with two attached hydrogens (primary N) is 1. The molecule has 16 heavy (non-hydrogen) atoms. The SMILES string of the molecule is Nc1cccn(-c2ccn(C3CC3)n2)c1=O. The van der Waals surface area contributed by atoms with Crippen LogP contribution in [0.3, 0.4) is 0 Å². The Balaban J connectivity index is 2.07. The molecule has 1 aliphatic carbocycles. The zero-order valence-electron chi connectivity index (χ0n) is 8.71. The van der Waals surface area contributed by atoms with Gasteiger partial charge in [0.05, 0.1) is 11.7 Å². The van der Waals surface area contributed by atoms with Gasteiger partial charge < -0.3 is 5.73 Å². The van der Waals surface area contributed by atoms with E-state index in [0.29, 0.717) is 11.9 Å². The Morgan fingerprint density at radius 2 is 2.12 bits per heavy atom. The maximum absolute atomic E-state index is 11.8. The zero-order valence-corrected chi connectivity index (χ0v) is 8.71. The van der Waals surface area contributed by atoms with Gasteiger partial charge in [-0.05, 0) is 25.0 Å². The molecule has 2 aromatic heterocycles. The molecule has 2 aromatic rings. The summed E-state index contributed by atoms with van der Waals surface area (Å²) in [5.74, 6) is 0.629. The van der Waals surface area contributed by atoms with E-state index >= 15 is 0 Å². The molecular weight excluding hydrogens is 204 g/mol. The Labute approximate surface area is 92.1 Å². The normalized spacial score (nSPS) is 15.2. The van der Waals surface area contributed by atoms with Gasteiger partial charge in [0.15, 0.2) is 5.82 Å². The molecule has 3 rings (SSSR count). The Morgan fingerprint density at radius 3 is 2.88 bits per heavy atom. The molecule has 5 nitrogen and oxygen atoms in total. The molecular formula is C11H12N4O. The maximum atomic E-state index is 11.8. The average Bonchev–Trinajstić information content (AvgIpc) is 3.02. The second-order valence-electron chi connectivity index (χ2n) is 4.02. The van der Waals surface area contributed by atoms with Crippen LogP contribution in [0.2, 0.25) is 0 Å². The lowest BCUT2D eigenvalue weighted by atomic mass is 10.4. The van der Waals surface area contributed by atoms with Crippen molar-refractivity contribution in [2.24, 2.45) is 0 Å². The summed E-state index contributed by atoms with van der Waals surface area (Å²) < 4.78 is 3.37. The van der Waals surface area contributed by atoms with E-state index in [4.69, 9.17) is 5.73 Å². The minimum absolute atomic E-state index is 0.219. The van der Waals surface area contributed by atoms with Crippen LogP contribution in [0, 0.1) is 0 Å². The quantitative estimate of drug-likeness (QED) is 0.812. The Hall–Kier alpha value is -2.04. The lowest BCUT2D eigenvalue weighted by Crippen LogP contribution is -2.20. The molecule has 5 heteroatoms. The fourth-order valence-corrected chi connectivity index (χ4v) is 1.69. The van der Waals surface area contributed by atoms with Crippen molar-refractivity contribution in [3.8, 4) is 5.82 Å². The van der Waals surface area contributed by atoms with E-state index in [1.807, 2.05) is 16.9 Å². The highest BCUT2D eigenvalue weighted by Crippen LogP contribution is 2.34. The van der Waals surface area contributed by atoms with Gasteiger partial charge in [0.1, 0.15) is 0 Å². The number of aromatic nitrogens is 3. The lowest BCUT2D eigenvalue weighted by Gasteiger charge is -2.02. The highest BCUT2D eigenvalue weighted by atomic mass is 16.1. The molecule has 0 unspecified atom stereocenters. The first-order chi connectivity index (χ1) is 7.75. The summed E-state index contributed by atoms with van der Waals surface area (Å²) in [6.45, 7) is 0. The van der Waals surface area contributed by atoms with Gasteiger partial charge in [0.25, 0.3) is 5.56 Å². The summed E-state index contributed by atoms with van der Waals surface area (Å²) in [4.78, 5) is 11.8. The molecule has 0 amide bonds. The predicted molar refractivity (Wildman–Crippen MR) is 60.5 cm³/mol. The van der Waals surface area contributed by atoms with E-state index in [9.17, 15) is 4.79 Å². The van der Waals surface area contributed by atoms with Gasteiger partial charge in [-0.25, -0.2) is 0 Å². The molecule has 0 spiro atoms. The van der Waals surface area contributed by atoms with Crippen LogP contribution >= 0.6 is 0 Å². The molecule has 2 heterocycles. The van der Waals surface area contributed by atoms with Crippen molar-refractivity contribution in [2.75, 3.05) is 5.73 Å². The molecule has 0 aromatic carbocycles. The molecule has 1 fully saturated rings. The first-order valence-corrected chi connectivity index (χ1v) is 5.28. The van der Waals surface area contributed by atoms with Crippen LogP contribution in [-0.2, 0) is 0 Å². The van der Waals surface area contributed by atoms with Crippen molar-refractivity contribution < 1.29 is 0 Å². The first kappa shape index (κ1) is 9.21. The Bertz CT molecular complexity index is 580. The predicted octanol–water partition coefficient (Wildman–Crippen LogP) is 0.951. The third-order valence-corrected chi connectivity index (χ3v) is 2.74. The number of hydrogen-bond donors (Lipinski definition) is 1. The van der Waals surface area contributed by atoms with Gasteiger partial charge in [-0.1, -0.05) is 0 Å². The number of nitrogens with zero attached hydrogens (tertiary/aromatic N) is 3. The fraction of sp³-hybridized carbons (Fsp3) is 0.273. The van der Waals surface area contributed by atoms with E-state index in [2.05, 4.69) is 5.10 Å². The average molecular weight is 216 g/mol. The van der Waals surface area contributed by atoms with E-state index < -0.39 is 0 Å². The second kappa shape index (κ2) is 3.23. The van der Waals surface area contributed by atoms with Crippen LogP contribution in [0.15, 0.2) is 35.4 Å². The number of pyridine rings is 1. The zero-order chi connectivity index (χ0) is 11.1. The monoisotopic (exact) mass is 216 g/mol. The van der Waals surface area contributed by atoms with Crippen LogP contribution in [0.25, 0.3) is 5.82 Å². The fourth-order valence-electron chi connectivity index (χ4n) is 1.69. The highest BCUT2D eigenvalue weighted by molar-refractivity contribution is 5.37. The van der Waals surface area contributed by atoms with Crippen molar-refractivity contribution in [3.63, 3.8) is 0 Å². The van der Waals surface area contributed by atoms with Gasteiger partial charge in [-0.3, -0.25) is 14.0 Å². The molecule has 2 N–H and O–H groups in total. The molecule has 1 aliphatic rings. The summed E-state index contributed by atoms with van der Waals surface area (Å²) in [5, 5.41) is 4.37. The summed E-state index contributed by atoms with van der Waals surface area (Å²) in [6.07, 6.45) is 5.93. The molecule has 1 saturated carbocycles. The van der Waals surface area contributed by atoms with Crippen molar-refractivity contribution in [1.82, 2.24) is 14.3 Å². The first-order valence-electron chi connectivity index (χ1n) is 5.28. The van der Waals surface area contributed by atoms with Gasteiger partial charge in [0.2, 0.25) is 0 Å². The topological polar surface area (TPSA) is 65.8 Å². The van der Waals surface area contributed by atoms with E-state index in [1.54, 1.807) is 18.3 Å². The summed E-state index contributed by atoms with van der Waals surface area (Å²) in [7, 11) is 0. The minimum atomic E-state index is -0.219. The van der Waals surface area contributed by atoms with Crippen molar-refractivity contribution >= 4 is 5.69 Å². The van der Waals surface area contributed by atoms with Gasteiger partial charge in [-0.2, -0.15) is 5.10 Å². The number of anilines is 1. The van der Waals surface area contributed by atoms with Crippen LogP contribution in [-0.4, -0.2) is 14.3 Å². The standard InChI is InChI=1S/C11H12N4O/c12-9-2-1-6-14(11(9)16)10-5-7-15(13-10)8-3-4-8/h1-2,5-8H,3-4,12H2. The molecule has 0 saturated heterocycles. The maximum Gasteiger partial charge on any atom is 0.279 e. The van der Waals surface area contributed by atoms with Crippen LogP contribution in [0.5, 0.6) is 0 Å². The summed E-state index contributed by atoms with van der Waals surface area (Å²) in [5.41, 5.74) is 5.59. The molecule has 0 bridgehead atoms. The van der Waals surface area contributed by atoms with Crippen molar-refractivity contribution in [3.05, 3.63) is 40.9 Å². The summed E-state index contributed by atoms with van der Waals surface area (Å²) in [6, 6.07) is 5.69. The molecule has 82 valence electrons. The number of nitrogen functional groups attached to an aromatic ring is 1. The Morgan fingerprint density at radius 1 is 1.31 bits per heavy atom. The van der Waals surface area contributed by atoms with Crippen LogP contribution in [0.1, 0.15) is 18.9 Å². The van der Waals surface area contributed by atoms with Crippen molar-refractivity contribution in [2.45, 2.75) is 18.9 Å². The number of hydrogen-bond acceptors (Lipinski definition) is 3. The van der Waals surface area contributed by atoms with Crippen LogP contribution in [0.4, 0.5) is 5.69 Å². The molecule has 0 radical (unpaired) electrons. The minimum Gasteiger partial charge on any atom is -0.394 e. The third kappa shape index (κ3) is 1.41. The highest BCUT2D eigenvalue weighted by Gasteiger charge is 2.24. The smallest absolute Gasteiger partial charge is 0.279 e. The lowest BCUT2D eigenvalue weighted by molar-refractivity contribution is 0.634. The number of rotatable bonds is 2. The van der Waals surface area contributed by atoms with Gasteiger partial charge >= 0.3 is 0 Å². The molecule has 0 aliphatic heterocycles.